The van der Waals surface area contributed by atoms with Gasteiger partial charge in [0.15, 0.2) is 0 Å². The van der Waals surface area contributed by atoms with Crippen molar-refractivity contribution in [3.05, 3.63) is 18.0 Å². The molecule has 1 rings (SSSR count). The van der Waals surface area contributed by atoms with Crippen molar-refractivity contribution in [2.45, 2.75) is 6.18 Å². The van der Waals surface area contributed by atoms with Gasteiger partial charge in [0.05, 0.1) is 5.75 Å². The van der Waals surface area contributed by atoms with Crippen LogP contribution in [0, 0.1) is 0 Å². The van der Waals surface area contributed by atoms with Crippen LogP contribution in [0.4, 0.5) is 19.1 Å². The Labute approximate surface area is 108 Å². The predicted molar refractivity (Wildman–Crippen MR) is 63.0 cm³/mol. The van der Waals surface area contributed by atoms with Gasteiger partial charge in [-0.15, -0.1) is 0 Å². The molecule has 0 radical (unpaired) electrons. The van der Waals surface area contributed by atoms with Gasteiger partial charge in [-0.2, -0.15) is 13.2 Å². The molecule has 0 unspecified atom stereocenters. The van der Waals surface area contributed by atoms with Crippen LogP contribution < -0.4 is 5.32 Å². The smallest absolute Gasteiger partial charge is 0.353 e. The van der Waals surface area contributed by atoms with Crippen molar-refractivity contribution < 1.29 is 21.6 Å². The van der Waals surface area contributed by atoms with Crippen LogP contribution in [0.2, 0.25) is 0 Å². The molecule has 1 N–H and O–H groups in total. The summed E-state index contributed by atoms with van der Waals surface area (Å²) in [6.07, 6.45) is -3.60. The Balaban J connectivity index is 2.65. The Kier molecular flexibility index (Phi) is 4.69. The van der Waals surface area contributed by atoms with E-state index < -0.39 is 21.9 Å². The third kappa shape index (κ3) is 4.63. The Morgan fingerprint density at radius 3 is 2.53 bits per heavy atom. The van der Waals surface area contributed by atoms with Crippen molar-refractivity contribution in [2.24, 2.45) is 0 Å². The summed E-state index contributed by atoms with van der Waals surface area (Å²) >= 11 is 0. The highest BCUT2D eigenvalue weighted by molar-refractivity contribution is 7.89. The van der Waals surface area contributed by atoms with Gasteiger partial charge in [-0.05, 0) is 6.07 Å². The van der Waals surface area contributed by atoms with Gasteiger partial charge in [0.25, 0.3) is 0 Å². The molecule has 0 aromatic carbocycles. The van der Waals surface area contributed by atoms with Gasteiger partial charge >= 0.3 is 6.18 Å². The van der Waals surface area contributed by atoms with Crippen LogP contribution in [0.5, 0.6) is 0 Å². The molecule has 0 bridgehead atoms. The SMILES string of the molecule is CN(C)S(=O)(=O)CCNc1nccc(C(F)(F)F)n1. The van der Waals surface area contributed by atoms with Crippen LogP contribution in [0.25, 0.3) is 0 Å². The van der Waals surface area contributed by atoms with Crippen molar-refractivity contribution >= 4 is 16.0 Å². The van der Waals surface area contributed by atoms with E-state index in [1.807, 2.05) is 0 Å². The fourth-order valence-electron chi connectivity index (χ4n) is 1.08. The van der Waals surface area contributed by atoms with Crippen LogP contribution in [0.1, 0.15) is 5.69 Å². The number of nitrogens with one attached hydrogen (secondary N) is 1. The Morgan fingerprint density at radius 2 is 2.00 bits per heavy atom. The summed E-state index contributed by atoms with van der Waals surface area (Å²) in [5.74, 6) is -0.525. The lowest BCUT2D eigenvalue weighted by Crippen LogP contribution is -2.28. The molecule has 10 heteroatoms. The maximum atomic E-state index is 12.4. The monoisotopic (exact) mass is 298 g/mol. The lowest BCUT2D eigenvalue weighted by Gasteiger charge is -2.12. The maximum absolute atomic E-state index is 12.4. The van der Waals surface area contributed by atoms with Crippen molar-refractivity contribution in [3.63, 3.8) is 0 Å². The summed E-state index contributed by atoms with van der Waals surface area (Å²) in [6, 6.07) is 0.738. The zero-order valence-corrected chi connectivity index (χ0v) is 11.1. The van der Waals surface area contributed by atoms with Crippen LogP contribution >= 0.6 is 0 Å². The summed E-state index contributed by atoms with van der Waals surface area (Å²) in [4.78, 5) is 6.84. The normalized spacial score (nSPS) is 12.7. The van der Waals surface area contributed by atoms with E-state index in [1.54, 1.807) is 0 Å². The molecule has 1 aromatic rings. The molecule has 6 nitrogen and oxygen atoms in total. The second-order valence-electron chi connectivity index (χ2n) is 3.79. The number of nitrogens with zero attached hydrogens (tertiary/aromatic N) is 3. The number of aromatic nitrogens is 2. The number of rotatable bonds is 5. The summed E-state index contributed by atoms with van der Waals surface area (Å²) in [5, 5.41) is 2.44. The van der Waals surface area contributed by atoms with Crippen LogP contribution in [-0.4, -0.2) is 49.1 Å². The number of alkyl halides is 3. The highest BCUT2D eigenvalue weighted by Gasteiger charge is 2.32. The summed E-state index contributed by atoms with van der Waals surface area (Å²) in [7, 11) is -0.672. The molecular weight excluding hydrogens is 285 g/mol. The van der Waals surface area contributed by atoms with E-state index in [-0.39, 0.29) is 18.2 Å². The number of hydrogen-bond donors (Lipinski definition) is 1. The molecular formula is C9H13F3N4O2S. The highest BCUT2D eigenvalue weighted by Crippen LogP contribution is 2.27. The van der Waals surface area contributed by atoms with E-state index >= 15 is 0 Å². The first kappa shape index (κ1) is 15.6. The molecule has 19 heavy (non-hydrogen) atoms. The topological polar surface area (TPSA) is 75.2 Å². The summed E-state index contributed by atoms with van der Waals surface area (Å²) < 4.78 is 60.9. The number of anilines is 1. The molecule has 0 amide bonds. The largest absolute Gasteiger partial charge is 0.433 e. The average Bonchev–Trinajstić information content (AvgIpc) is 2.28. The number of sulfonamides is 1. The van der Waals surface area contributed by atoms with Crippen LogP contribution in [-0.2, 0) is 16.2 Å². The number of hydrogen-bond acceptors (Lipinski definition) is 5. The average molecular weight is 298 g/mol. The fourth-order valence-corrected chi connectivity index (χ4v) is 1.80. The lowest BCUT2D eigenvalue weighted by atomic mass is 10.4. The minimum atomic E-state index is -4.56. The Bertz CT molecular complexity index is 531. The zero-order valence-electron chi connectivity index (χ0n) is 10.3. The van der Waals surface area contributed by atoms with E-state index in [2.05, 4.69) is 15.3 Å². The minimum absolute atomic E-state index is 0.0815. The van der Waals surface area contributed by atoms with Gasteiger partial charge in [0.2, 0.25) is 16.0 Å². The fraction of sp³-hybridized carbons (Fsp3) is 0.556. The van der Waals surface area contributed by atoms with E-state index in [1.165, 1.54) is 14.1 Å². The number of halogens is 3. The minimum Gasteiger partial charge on any atom is -0.353 e. The van der Waals surface area contributed by atoms with Gasteiger partial charge in [-0.3, -0.25) is 0 Å². The quantitative estimate of drug-likeness (QED) is 0.870. The van der Waals surface area contributed by atoms with Gasteiger partial charge in [0, 0.05) is 26.8 Å². The van der Waals surface area contributed by atoms with Gasteiger partial charge in [-0.1, -0.05) is 0 Å². The standard InChI is InChI=1S/C9H13F3N4O2S/c1-16(2)19(17,18)6-5-14-8-13-4-3-7(15-8)9(10,11)12/h3-4H,5-6H2,1-2H3,(H,13,14,15). The van der Waals surface area contributed by atoms with Crippen LogP contribution in [0.15, 0.2) is 12.3 Å². The second kappa shape index (κ2) is 5.70. The zero-order chi connectivity index (χ0) is 14.7. The van der Waals surface area contributed by atoms with Gasteiger partial charge in [0.1, 0.15) is 5.69 Å². The van der Waals surface area contributed by atoms with Crippen molar-refractivity contribution in [1.82, 2.24) is 14.3 Å². The first-order valence-electron chi connectivity index (χ1n) is 5.17. The molecule has 0 aliphatic carbocycles. The Hall–Kier alpha value is -1.42. The molecule has 1 heterocycles. The third-order valence-corrected chi connectivity index (χ3v) is 3.98. The van der Waals surface area contributed by atoms with E-state index in [0.29, 0.717) is 0 Å². The molecule has 0 spiro atoms. The van der Waals surface area contributed by atoms with Crippen LogP contribution in [0.3, 0.4) is 0 Å². The van der Waals surface area contributed by atoms with Gasteiger partial charge < -0.3 is 5.32 Å². The Morgan fingerprint density at radius 1 is 1.37 bits per heavy atom. The second-order valence-corrected chi connectivity index (χ2v) is 6.09. The van der Waals surface area contributed by atoms with E-state index in [9.17, 15) is 21.6 Å². The van der Waals surface area contributed by atoms with E-state index in [0.717, 1.165) is 16.6 Å². The molecule has 0 saturated carbocycles. The first-order valence-corrected chi connectivity index (χ1v) is 6.78. The molecule has 0 fully saturated rings. The first-order chi connectivity index (χ1) is 8.63. The summed E-state index contributed by atoms with van der Waals surface area (Å²) in [5.41, 5.74) is -1.08. The predicted octanol–water partition coefficient (Wildman–Crippen LogP) is 0.799. The third-order valence-electron chi connectivity index (χ3n) is 2.15. The summed E-state index contributed by atoms with van der Waals surface area (Å²) in [6.45, 7) is -0.0815. The van der Waals surface area contributed by atoms with Crippen molar-refractivity contribution in [3.8, 4) is 0 Å². The molecule has 0 aliphatic rings. The molecule has 108 valence electrons. The highest BCUT2D eigenvalue weighted by atomic mass is 32.2. The van der Waals surface area contributed by atoms with Crippen molar-refractivity contribution in [1.29, 1.82) is 0 Å². The maximum Gasteiger partial charge on any atom is 0.433 e. The molecule has 1 aromatic heterocycles. The van der Waals surface area contributed by atoms with Crippen molar-refractivity contribution in [2.75, 3.05) is 31.7 Å². The molecule has 0 aliphatic heterocycles. The van der Waals surface area contributed by atoms with Gasteiger partial charge in [-0.25, -0.2) is 22.7 Å². The molecule has 0 atom stereocenters. The van der Waals surface area contributed by atoms with E-state index in [4.69, 9.17) is 0 Å². The molecule has 0 saturated heterocycles. The lowest BCUT2D eigenvalue weighted by molar-refractivity contribution is -0.141.